The SMILES string of the molecule is CCCCCCCCCCCCC/C=C/C(=O)O.CCCCCCCCCCCCC/C=C/C=C/C(=O)O. The van der Waals surface area contributed by atoms with Crippen LogP contribution in [0.25, 0.3) is 0 Å². The minimum absolute atomic E-state index is 0.835. The highest BCUT2D eigenvalue weighted by Crippen LogP contribution is 2.13. The number of allylic oxidation sites excluding steroid dienone is 4. The van der Waals surface area contributed by atoms with Gasteiger partial charge < -0.3 is 10.2 Å². The van der Waals surface area contributed by atoms with Crippen LogP contribution in [0.1, 0.15) is 168 Å². The number of aliphatic carboxylic acids is 2. The van der Waals surface area contributed by atoms with Crippen molar-refractivity contribution >= 4 is 11.9 Å². The Kier molecular flexibility index (Phi) is 35.4. The van der Waals surface area contributed by atoms with E-state index in [0.29, 0.717) is 0 Å². The largest absolute Gasteiger partial charge is 0.478 e. The molecule has 2 N–H and O–H groups in total. The Morgan fingerprint density at radius 3 is 1.08 bits per heavy atom. The van der Waals surface area contributed by atoms with Crippen LogP contribution in [0.3, 0.4) is 0 Å². The Labute approximate surface area is 236 Å². The van der Waals surface area contributed by atoms with Crippen molar-refractivity contribution in [2.75, 3.05) is 0 Å². The molecule has 0 saturated heterocycles. The lowest BCUT2D eigenvalue weighted by atomic mass is 10.1. The molecule has 0 aliphatic heterocycles. The quantitative estimate of drug-likeness (QED) is 0.0624. The van der Waals surface area contributed by atoms with Crippen molar-refractivity contribution in [2.45, 2.75) is 168 Å². The lowest BCUT2D eigenvalue weighted by Crippen LogP contribution is -1.85. The summed E-state index contributed by atoms with van der Waals surface area (Å²) in [6, 6.07) is 0. The molecular formula is C34H62O4. The van der Waals surface area contributed by atoms with Crippen LogP contribution >= 0.6 is 0 Å². The molecule has 0 atom stereocenters. The van der Waals surface area contributed by atoms with Crippen LogP contribution in [0.15, 0.2) is 36.5 Å². The third-order valence-electron chi connectivity index (χ3n) is 6.70. The summed E-state index contributed by atoms with van der Waals surface area (Å²) in [6.45, 7) is 4.52. The van der Waals surface area contributed by atoms with Crippen LogP contribution in [0.2, 0.25) is 0 Å². The number of carboxylic acids is 2. The molecule has 0 spiro atoms. The van der Waals surface area contributed by atoms with E-state index in [1.165, 1.54) is 141 Å². The third kappa shape index (κ3) is 41.3. The molecule has 0 bridgehead atoms. The molecule has 0 aromatic carbocycles. The van der Waals surface area contributed by atoms with Crippen molar-refractivity contribution in [1.82, 2.24) is 0 Å². The van der Waals surface area contributed by atoms with Gasteiger partial charge in [0.15, 0.2) is 0 Å². The topological polar surface area (TPSA) is 74.6 Å². The van der Waals surface area contributed by atoms with E-state index in [1.54, 1.807) is 12.2 Å². The molecule has 0 aliphatic carbocycles. The van der Waals surface area contributed by atoms with E-state index in [9.17, 15) is 9.59 Å². The van der Waals surface area contributed by atoms with E-state index in [4.69, 9.17) is 10.2 Å². The number of carboxylic acid groups (broad SMARTS) is 2. The zero-order valence-electron chi connectivity index (χ0n) is 25.1. The van der Waals surface area contributed by atoms with Gasteiger partial charge in [-0.15, -0.1) is 0 Å². The maximum Gasteiger partial charge on any atom is 0.328 e. The Hall–Kier alpha value is -1.84. The third-order valence-corrected chi connectivity index (χ3v) is 6.70. The van der Waals surface area contributed by atoms with Gasteiger partial charge in [0, 0.05) is 12.2 Å². The van der Waals surface area contributed by atoms with Crippen molar-refractivity contribution < 1.29 is 19.8 Å². The standard InChI is InChI=1S/C18H32O2.C16H30O2/c1-2-3-4-5-6-7-8-9-10-11-12-13-14-15-16-17-18(19)20;1-2-3-4-5-6-7-8-9-10-11-12-13-14-15-16(17)18/h14-17H,2-13H2,1H3,(H,19,20);14-15H,2-13H2,1H3,(H,17,18)/b15-14+,17-16+;15-14+. The van der Waals surface area contributed by atoms with Gasteiger partial charge in [-0.25, -0.2) is 9.59 Å². The van der Waals surface area contributed by atoms with Gasteiger partial charge in [0.05, 0.1) is 0 Å². The molecule has 222 valence electrons. The normalized spacial score (nSPS) is 11.4. The Balaban J connectivity index is 0. The summed E-state index contributed by atoms with van der Waals surface area (Å²) in [5.74, 6) is -1.72. The summed E-state index contributed by atoms with van der Waals surface area (Å²) in [4.78, 5) is 20.4. The monoisotopic (exact) mass is 534 g/mol. The van der Waals surface area contributed by atoms with Crippen molar-refractivity contribution in [1.29, 1.82) is 0 Å². The fraction of sp³-hybridized carbons (Fsp3) is 0.765. The second kappa shape index (κ2) is 35.2. The van der Waals surface area contributed by atoms with E-state index < -0.39 is 11.9 Å². The van der Waals surface area contributed by atoms with Crippen molar-refractivity contribution in [2.24, 2.45) is 0 Å². The zero-order chi connectivity index (χ0) is 28.4. The highest BCUT2D eigenvalue weighted by molar-refractivity contribution is 5.80. The van der Waals surface area contributed by atoms with Crippen molar-refractivity contribution in [3.05, 3.63) is 36.5 Å². The lowest BCUT2D eigenvalue weighted by Gasteiger charge is -2.01. The second-order valence-electron chi connectivity index (χ2n) is 10.5. The molecule has 0 aromatic heterocycles. The van der Waals surface area contributed by atoms with Gasteiger partial charge >= 0.3 is 11.9 Å². The van der Waals surface area contributed by atoms with E-state index >= 15 is 0 Å². The molecule has 0 amide bonds. The molecule has 0 rings (SSSR count). The van der Waals surface area contributed by atoms with Crippen LogP contribution in [0.5, 0.6) is 0 Å². The predicted octanol–water partition coefficient (Wildman–Crippen LogP) is 11.2. The minimum atomic E-state index is -0.885. The van der Waals surface area contributed by atoms with E-state index in [-0.39, 0.29) is 0 Å². The Bertz CT molecular complexity index is 577. The van der Waals surface area contributed by atoms with Gasteiger partial charge in [-0.1, -0.05) is 167 Å². The highest BCUT2D eigenvalue weighted by Gasteiger charge is 1.94. The van der Waals surface area contributed by atoms with Crippen LogP contribution in [-0.2, 0) is 9.59 Å². The molecule has 4 nitrogen and oxygen atoms in total. The Morgan fingerprint density at radius 1 is 0.421 bits per heavy atom. The molecular weight excluding hydrogens is 472 g/mol. The second-order valence-corrected chi connectivity index (χ2v) is 10.5. The summed E-state index contributed by atoms with van der Waals surface area (Å²) < 4.78 is 0. The van der Waals surface area contributed by atoms with Gasteiger partial charge in [-0.3, -0.25) is 0 Å². The van der Waals surface area contributed by atoms with Crippen LogP contribution < -0.4 is 0 Å². The molecule has 0 unspecified atom stereocenters. The minimum Gasteiger partial charge on any atom is -0.478 e. The van der Waals surface area contributed by atoms with E-state index in [2.05, 4.69) is 13.8 Å². The van der Waals surface area contributed by atoms with Gasteiger partial charge in [0.2, 0.25) is 0 Å². The van der Waals surface area contributed by atoms with E-state index in [1.807, 2.05) is 12.2 Å². The number of hydrogen-bond acceptors (Lipinski definition) is 2. The first-order valence-electron chi connectivity index (χ1n) is 16.0. The fourth-order valence-corrected chi connectivity index (χ4v) is 4.35. The number of hydrogen-bond donors (Lipinski definition) is 2. The Morgan fingerprint density at radius 2 is 0.737 bits per heavy atom. The number of rotatable bonds is 27. The highest BCUT2D eigenvalue weighted by atomic mass is 16.4. The average Bonchev–Trinajstić information content (AvgIpc) is 2.89. The first kappa shape index (κ1) is 38.3. The van der Waals surface area contributed by atoms with Crippen LogP contribution in [0.4, 0.5) is 0 Å². The average molecular weight is 535 g/mol. The maximum atomic E-state index is 10.2. The summed E-state index contributed by atoms with van der Waals surface area (Å²) in [7, 11) is 0. The molecule has 0 aliphatic rings. The van der Waals surface area contributed by atoms with Gasteiger partial charge in [0.1, 0.15) is 0 Å². The first-order valence-corrected chi connectivity index (χ1v) is 16.0. The molecule has 0 aromatic rings. The number of unbranched alkanes of at least 4 members (excludes halogenated alkanes) is 22. The smallest absolute Gasteiger partial charge is 0.328 e. The maximum absolute atomic E-state index is 10.2. The molecule has 0 heterocycles. The summed E-state index contributed by atoms with van der Waals surface area (Å²) in [6.07, 6.45) is 41.3. The fourth-order valence-electron chi connectivity index (χ4n) is 4.35. The molecule has 4 heteroatoms. The molecule has 0 saturated carbocycles. The molecule has 0 fully saturated rings. The summed E-state index contributed by atoms with van der Waals surface area (Å²) in [5, 5.41) is 16.8. The van der Waals surface area contributed by atoms with Crippen molar-refractivity contribution in [3.8, 4) is 0 Å². The van der Waals surface area contributed by atoms with Crippen LogP contribution in [0, 0.1) is 0 Å². The van der Waals surface area contributed by atoms with Gasteiger partial charge in [-0.2, -0.15) is 0 Å². The van der Waals surface area contributed by atoms with Gasteiger partial charge in [0.25, 0.3) is 0 Å². The van der Waals surface area contributed by atoms with Crippen LogP contribution in [-0.4, -0.2) is 22.2 Å². The lowest BCUT2D eigenvalue weighted by molar-refractivity contribution is -0.132. The molecule has 38 heavy (non-hydrogen) atoms. The number of carbonyl (C=O) groups is 2. The first-order chi connectivity index (χ1) is 18.5. The van der Waals surface area contributed by atoms with E-state index in [0.717, 1.165) is 25.3 Å². The molecule has 0 radical (unpaired) electrons. The predicted molar refractivity (Wildman–Crippen MR) is 165 cm³/mol. The summed E-state index contributed by atoms with van der Waals surface area (Å²) in [5.41, 5.74) is 0. The van der Waals surface area contributed by atoms with Gasteiger partial charge in [-0.05, 0) is 25.7 Å². The van der Waals surface area contributed by atoms with Crippen molar-refractivity contribution in [3.63, 3.8) is 0 Å². The summed E-state index contributed by atoms with van der Waals surface area (Å²) >= 11 is 0. The zero-order valence-corrected chi connectivity index (χ0v) is 25.1.